The monoisotopic (exact) mass is 305 g/mol. The first-order chi connectivity index (χ1) is 9.48. The highest BCUT2D eigenvalue weighted by Crippen LogP contribution is 2.21. The first kappa shape index (κ1) is 15.7. The van der Waals surface area contributed by atoms with Gasteiger partial charge in [0.25, 0.3) is 10.2 Å². The summed E-state index contributed by atoms with van der Waals surface area (Å²) in [6.07, 6.45) is 1.13. The molecule has 1 amide bonds. The van der Waals surface area contributed by atoms with Crippen LogP contribution in [0.5, 0.6) is 0 Å². The zero-order valence-electron chi connectivity index (χ0n) is 12.0. The molecule has 2 rings (SSSR count). The van der Waals surface area contributed by atoms with Gasteiger partial charge in [-0.2, -0.15) is 17.0 Å². The van der Waals surface area contributed by atoms with Crippen molar-refractivity contribution in [3.05, 3.63) is 0 Å². The van der Waals surface area contributed by atoms with Crippen molar-refractivity contribution in [1.29, 1.82) is 0 Å². The molecular formula is C12H23N3O4S. The van der Waals surface area contributed by atoms with E-state index < -0.39 is 10.2 Å². The Balaban J connectivity index is 2.07. The third-order valence-electron chi connectivity index (χ3n) is 3.93. The molecule has 0 aromatic carbocycles. The van der Waals surface area contributed by atoms with E-state index in [9.17, 15) is 13.2 Å². The van der Waals surface area contributed by atoms with Crippen molar-refractivity contribution >= 4 is 16.1 Å². The first-order valence-electron chi connectivity index (χ1n) is 7.15. The van der Waals surface area contributed by atoms with Gasteiger partial charge in [-0.25, -0.2) is 0 Å². The predicted molar refractivity (Wildman–Crippen MR) is 74.3 cm³/mol. The molecule has 0 aliphatic carbocycles. The van der Waals surface area contributed by atoms with Gasteiger partial charge in [-0.05, 0) is 12.8 Å². The number of ether oxygens (including phenoxy) is 1. The standard InChI is InChI=1S/C12H23N3O4S/c1-3-14(4-2)20(17,18)15-7-5-10-11(6-8-15)19-9-12(16)13-10/h10-11H,3-9H2,1-2H3,(H,13,16)/t10-,11-/m0/s1. The van der Waals surface area contributed by atoms with Crippen molar-refractivity contribution in [1.82, 2.24) is 13.9 Å². The molecule has 0 radical (unpaired) electrons. The molecule has 2 aliphatic heterocycles. The normalized spacial score (nSPS) is 28.9. The van der Waals surface area contributed by atoms with Crippen LogP contribution in [0.1, 0.15) is 26.7 Å². The second kappa shape index (κ2) is 6.38. The van der Waals surface area contributed by atoms with Crippen LogP contribution in [0.4, 0.5) is 0 Å². The lowest BCUT2D eigenvalue weighted by atomic mass is 10.0. The summed E-state index contributed by atoms with van der Waals surface area (Å²) in [5.41, 5.74) is 0. The number of rotatable bonds is 4. The van der Waals surface area contributed by atoms with Gasteiger partial charge in [0.1, 0.15) is 6.61 Å². The quantitative estimate of drug-likeness (QED) is 0.763. The Morgan fingerprint density at radius 1 is 1.30 bits per heavy atom. The Hall–Kier alpha value is -0.700. The van der Waals surface area contributed by atoms with Crippen LogP contribution in [0.2, 0.25) is 0 Å². The third kappa shape index (κ3) is 3.13. The lowest BCUT2D eigenvalue weighted by molar-refractivity contribution is -0.136. The zero-order valence-corrected chi connectivity index (χ0v) is 12.9. The van der Waals surface area contributed by atoms with E-state index in [0.717, 1.165) is 0 Å². The van der Waals surface area contributed by atoms with Crippen molar-refractivity contribution in [3.8, 4) is 0 Å². The summed E-state index contributed by atoms with van der Waals surface area (Å²) in [6, 6.07) is -0.0758. The molecule has 2 heterocycles. The van der Waals surface area contributed by atoms with E-state index in [0.29, 0.717) is 39.0 Å². The van der Waals surface area contributed by atoms with E-state index in [1.54, 1.807) is 0 Å². The van der Waals surface area contributed by atoms with E-state index in [-0.39, 0.29) is 24.7 Å². The number of nitrogens with one attached hydrogen (secondary N) is 1. The number of fused-ring (bicyclic) bond motifs is 1. The summed E-state index contributed by atoms with van der Waals surface area (Å²) >= 11 is 0. The summed E-state index contributed by atoms with van der Waals surface area (Å²) in [7, 11) is -3.41. The number of hydrogen-bond acceptors (Lipinski definition) is 4. The topological polar surface area (TPSA) is 79.0 Å². The van der Waals surface area contributed by atoms with Crippen molar-refractivity contribution in [2.45, 2.75) is 38.8 Å². The summed E-state index contributed by atoms with van der Waals surface area (Å²) in [5, 5.41) is 2.89. The van der Waals surface area contributed by atoms with Crippen LogP contribution >= 0.6 is 0 Å². The lowest BCUT2D eigenvalue weighted by Gasteiger charge is -2.30. The summed E-state index contributed by atoms with van der Waals surface area (Å²) < 4.78 is 33.5. The largest absolute Gasteiger partial charge is 0.366 e. The Bertz CT molecular complexity index is 450. The number of amides is 1. The van der Waals surface area contributed by atoms with Gasteiger partial charge in [0.15, 0.2) is 0 Å². The second-order valence-electron chi connectivity index (χ2n) is 5.09. The van der Waals surface area contributed by atoms with E-state index in [4.69, 9.17) is 4.74 Å². The van der Waals surface area contributed by atoms with Crippen LogP contribution in [0.15, 0.2) is 0 Å². The average molecular weight is 305 g/mol. The molecule has 0 bridgehead atoms. The van der Waals surface area contributed by atoms with Crippen LogP contribution in [0, 0.1) is 0 Å². The van der Waals surface area contributed by atoms with Gasteiger partial charge in [-0.15, -0.1) is 0 Å². The molecule has 0 spiro atoms. The number of carbonyl (C=O) groups excluding carboxylic acids is 1. The molecule has 116 valence electrons. The smallest absolute Gasteiger partial charge is 0.281 e. The maximum absolute atomic E-state index is 12.5. The van der Waals surface area contributed by atoms with E-state index >= 15 is 0 Å². The number of morpholine rings is 1. The highest BCUT2D eigenvalue weighted by atomic mass is 32.2. The summed E-state index contributed by atoms with van der Waals surface area (Å²) in [5.74, 6) is -0.119. The molecule has 0 saturated carbocycles. The van der Waals surface area contributed by atoms with Crippen LogP contribution in [-0.4, -0.2) is 67.9 Å². The minimum atomic E-state index is -3.41. The predicted octanol–water partition coefficient (Wildman–Crippen LogP) is -0.448. The molecular weight excluding hydrogens is 282 g/mol. The zero-order chi connectivity index (χ0) is 14.8. The van der Waals surface area contributed by atoms with Crippen molar-refractivity contribution in [2.75, 3.05) is 32.8 Å². The van der Waals surface area contributed by atoms with Crippen molar-refractivity contribution < 1.29 is 17.9 Å². The minimum Gasteiger partial charge on any atom is -0.366 e. The highest BCUT2D eigenvalue weighted by Gasteiger charge is 2.36. The van der Waals surface area contributed by atoms with Gasteiger partial charge in [0.2, 0.25) is 5.91 Å². The Morgan fingerprint density at radius 3 is 2.60 bits per heavy atom. The first-order valence-corrected chi connectivity index (χ1v) is 8.55. The van der Waals surface area contributed by atoms with Gasteiger partial charge >= 0.3 is 0 Å². The van der Waals surface area contributed by atoms with Gasteiger partial charge in [-0.3, -0.25) is 4.79 Å². The molecule has 7 nitrogen and oxygen atoms in total. The number of hydrogen-bond donors (Lipinski definition) is 1. The molecule has 0 aromatic heterocycles. The van der Waals surface area contributed by atoms with E-state index in [1.165, 1.54) is 8.61 Å². The second-order valence-corrected chi connectivity index (χ2v) is 7.02. The number of nitrogens with zero attached hydrogens (tertiary/aromatic N) is 2. The fraction of sp³-hybridized carbons (Fsp3) is 0.917. The molecule has 2 aliphatic rings. The minimum absolute atomic E-state index is 0.0734. The maximum Gasteiger partial charge on any atom is 0.281 e. The summed E-state index contributed by atoms with van der Waals surface area (Å²) in [4.78, 5) is 11.3. The van der Waals surface area contributed by atoms with Gasteiger partial charge in [0.05, 0.1) is 12.1 Å². The van der Waals surface area contributed by atoms with E-state index in [2.05, 4.69) is 5.32 Å². The van der Waals surface area contributed by atoms with E-state index in [1.807, 2.05) is 13.8 Å². The maximum atomic E-state index is 12.5. The third-order valence-corrected chi connectivity index (χ3v) is 6.12. The highest BCUT2D eigenvalue weighted by molar-refractivity contribution is 7.86. The molecule has 1 N–H and O–H groups in total. The Morgan fingerprint density at radius 2 is 1.95 bits per heavy atom. The Kier molecular flexibility index (Phi) is 5.00. The summed E-state index contributed by atoms with van der Waals surface area (Å²) in [6.45, 7) is 5.54. The molecule has 2 atom stereocenters. The molecule has 0 unspecified atom stereocenters. The van der Waals surface area contributed by atoms with Crippen molar-refractivity contribution in [3.63, 3.8) is 0 Å². The molecule has 20 heavy (non-hydrogen) atoms. The molecule has 2 saturated heterocycles. The number of carbonyl (C=O) groups is 1. The van der Waals surface area contributed by atoms with Crippen LogP contribution in [-0.2, 0) is 19.7 Å². The molecule has 0 aromatic rings. The average Bonchev–Trinajstić information content (AvgIpc) is 2.62. The fourth-order valence-electron chi connectivity index (χ4n) is 2.79. The lowest BCUT2D eigenvalue weighted by Crippen LogP contribution is -2.51. The van der Waals surface area contributed by atoms with Crippen LogP contribution in [0.3, 0.4) is 0 Å². The van der Waals surface area contributed by atoms with Crippen LogP contribution in [0.25, 0.3) is 0 Å². The SMILES string of the molecule is CCN(CC)S(=O)(=O)N1CC[C@@H]2NC(=O)CO[C@H]2CC1. The molecule has 8 heteroatoms. The molecule has 2 fully saturated rings. The van der Waals surface area contributed by atoms with Gasteiger partial charge in [0, 0.05) is 26.2 Å². The Labute approximate surface area is 120 Å². The van der Waals surface area contributed by atoms with Crippen molar-refractivity contribution in [2.24, 2.45) is 0 Å². The van der Waals surface area contributed by atoms with Gasteiger partial charge in [-0.1, -0.05) is 13.8 Å². The van der Waals surface area contributed by atoms with Crippen LogP contribution < -0.4 is 5.32 Å². The fourth-order valence-corrected chi connectivity index (χ4v) is 4.44. The van der Waals surface area contributed by atoms with Gasteiger partial charge < -0.3 is 10.1 Å².